The van der Waals surface area contributed by atoms with Crippen molar-refractivity contribution in [2.45, 2.75) is 25.7 Å². The smallest absolute Gasteiger partial charge is 0.344 e. The van der Waals surface area contributed by atoms with E-state index in [0.29, 0.717) is 16.3 Å². The number of amides is 1. The number of carbonyl (C=O) groups is 2. The van der Waals surface area contributed by atoms with Gasteiger partial charge in [-0.1, -0.05) is 22.0 Å². The van der Waals surface area contributed by atoms with Gasteiger partial charge in [0.25, 0.3) is 5.91 Å². The Morgan fingerprint density at radius 3 is 2.85 bits per heavy atom. The molecule has 0 unspecified atom stereocenters. The number of carbonyl (C=O) groups excluding carboxylic acids is 2. The number of hydrogen-bond acceptors (Lipinski definition) is 6. The van der Waals surface area contributed by atoms with Crippen LogP contribution in [0.5, 0.6) is 5.75 Å². The molecule has 140 valence electrons. The number of anilines is 1. The standard InChI is InChI=1S/C19H17BrN2O4S/c20-12-4-3-5-13(8-12)25-11-18(24)26-10-17(23)22-19-15(9-21)14-6-1-2-7-16(14)27-19/h3-5,8H,1-2,6-7,10-11H2,(H,22,23). The molecule has 27 heavy (non-hydrogen) atoms. The second kappa shape index (κ2) is 9.02. The zero-order valence-corrected chi connectivity index (χ0v) is 16.8. The van der Waals surface area contributed by atoms with Gasteiger partial charge in [-0.15, -0.1) is 11.3 Å². The lowest BCUT2D eigenvalue weighted by molar-refractivity contribution is -0.149. The number of benzene rings is 1. The first-order valence-electron chi connectivity index (χ1n) is 8.45. The minimum Gasteiger partial charge on any atom is -0.482 e. The van der Waals surface area contributed by atoms with Gasteiger partial charge in [-0.25, -0.2) is 4.79 Å². The predicted octanol–water partition coefficient (Wildman–Crippen LogP) is 3.82. The quantitative estimate of drug-likeness (QED) is 0.678. The lowest BCUT2D eigenvalue weighted by atomic mass is 9.96. The van der Waals surface area contributed by atoms with E-state index in [4.69, 9.17) is 9.47 Å². The number of nitriles is 1. The van der Waals surface area contributed by atoms with Gasteiger partial charge in [-0.2, -0.15) is 5.26 Å². The summed E-state index contributed by atoms with van der Waals surface area (Å²) in [5, 5.41) is 12.6. The first-order valence-corrected chi connectivity index (χ1v) is 10.1. The minimum atomic E-state index is -0.642. The van der Waals surface area contributed by atoms with E-state index in [9.17, 15) is 14.9 Å². The molecule has 1 N–H and O–H groups in total. The monoisotopic (exact) mass is 448 g/mol. The summed E-state index contributed by atoms with van der Waals surface area (Å²) in [7, 11) is 0. The van der Waals surface area contributed by atoms with Crippen molar-refractivity contribution < 1.29 is 19.1 Å². The molecule has 1 aliphatic rings. The molecule has 2 aromatic rings. The van der Waals surface area contributed by atoms with Crippen LogP contribution in [0.15, 0.2) is 28.7 Å². The van der Waals surface area contributed by atoms with Gasteiger partial charge in [0.05, 0.1) is 5.56 Å². The van der Waals surface area contributed by atoms with Crippen LogP contribution in [0.3, 0.4) is 0 Å². The molecule has 1 aromatic carbocycles. The summed E-state index contributed by atoms with van der Waals surface area (Å²) >= 11 is 4.75. The van der Waals surface area contributed by atoms with Crippen LogP contribution in [-0.2, 0) is 27.2 Å². The Hall–Kier alpha value is -2.37. The third-order valence-electron chi connectivity index (χ3n) is 4.05. The number of hydrogen-bond donors (Lipinski definition) is 1. The van der Waals surface area contributed by atoms with Gasteiger partial charge in [-0.05, 0) is 49.4 Å². The van der Waals surface area contributed by atoms with Crippen molar-refractivity contribution in [1.82, 2.24) is 0 Å². The van der Waals surface area contributed by atoms with Crippen LogP contribution in [-0.4, -0.2) is 25.1 Å². The van der Waals surface area contributed by atoms with Crippen molar-refractivity contribution in [3.63, 3.8) is 0 Å². The van der Waals surface area contributed by atoms with E-state index in [0.717, 1.165) is 40.6 Å². The molecule has 6 nitrogen and oxygen atoms in total. The summed E-state index contributed by atoms with van der Waals surface area (Å²) in [6.07, 6.45) is 3.96. The van der Waals surface area contributed by atoms with Gasteiger partial charge in [0.1, 0.15) is 16.8 Å². The second-order valence-electron chi connectivity index (χ2n) is 5.98. The fraction of sp³-hybridized carbons (Fsp3) is 0.316. The predicted molar refractivity (Wildman–Crippen MR) is 105 cm³/mol. The highest BCUT2D eigenvalue weighted by molar-refractivity contribution is 9.10. The Labute approximate surface area is 169 Å². The van der Waals surface area contributed by atoms with Crippen molar-refractivity contribution in [2.24, 2.45) is 0 Å². The normalized spacial score (nSPS) is 12.6. The number of halogens is 1. The largest absolute Gasteiger partial charge is 0.482 e. The molecule has 0 radical (unpaired) electrons. The van der Waals surface area contributed by atoms with E-state index in [1.54, 1.807) is 18.2 Å². The Kier molecular flexibility index (Phi) is 6.48. The average molecular weight is 449 g/mol. The summed E-state index contributed by atoms with van der Waals surface area (Å²) in [6, 6.07) is 9.24. The number of nitrogens with zero attached hydrogens (tertiary/aromatic N) is 1. The summed E-state index contributed by atoms with van der Waals surface area (Å²) < 4.78 is 11.1. The minimum absolute atomic E-state index is 0.291. The van der Waals surface area contributed by atoms with Crippen molar-refractivity contribution >= 4 is 44.1 Å². The van der Waals surface area contributed by atoms with Gasteiger partial charge in [-0.3, -0.25) is 4.79 Å². The van der Waals surface area contributed by atoms with E-state index in [-0.39, 0.29) is 6.61 Å². The van der Waals surface area contributed by atoms with Crippen molar-refractivity contribution in [3.8, 4) is 11.8 Å². The number of nitrogens with one attached hydrogen (secondary N) is 1. The van der Waals surface area contributed by atoms with Crippen LogP contribution in [0.2, 0.25) is 0 Å². The van der Waals surface area contributed by atoms with E-state index in [1.807, 2.05) is 6.07 Å². The molecular weight excluding hydrogens is 432 g/mol. The molecule has 8 heteroatoms. The molecule has 0 bridgehead atoms. The fourth-order valence-corrected chi connectivity index (χ4v) is 4.46. The van der Waals surface area contributed by atoms with Crippen LogP contribution in [0.4, 0.5) is 5.00 Å². The lowest BCUT2D eigenvalue weighted by Gasteiger charge is -2.09. The molecule has 0 atom stereocenters. The fourth-order valence-electron chi connectivity index (χ4n) is 2.82. The van der Waals surface area contributed by atoms with Crippen LogP contribution in [0.25, 0.3) is 0 Å². The van der Waals surface area contributed by atoms with E-state index in [2.05, 4.69) is 27.3 Å². The van der Waals surface area contributed by atoms with Gasteiger partial charge in [0, 0.05) is 9.35 Å². The Balaban J connectivity index is 1.49. The maximum atomic E-state index is 12.1. The Morgan fingerprint density at radius 1 is 1.26 bits per heavy atom. The molecular formula is C19H17BrN2O4S. The molecule has 0 fully saturated rings. The van der Waals surface area contributed by atoms with Crippen LogP contribution in [0, 0.1) is 11.3 Å². The molecule has 1 aliphatic carbocycles. The maximum absolute atomic E-state index is 12.1. The van der Waals surface area contributed by atoms with Gasteiger partial charge in [0.15, 0.2) is 13.2 Å². The second-order valence-corrected chi connectivity index (χ2v) is 8.00. The van der Waals surface area contributed by atoms with Gasteiger partial charge < -0.3 is 14.8 Å². The summed E-state index contributed by atoms with van der Waals surface area (Å²) in [5.74, 6) is -0.592. The molecule has 3 rings (SSSR count). The van der Waals surface area contributed by atoms with Gasteiger partial charge in [0.2, 0.25) is 0 Å². The molecule has 1 heterocycles. The summed E-state index contributed by atoms with van der Waals surface area (Å²) in [6.45, 7) is -0.714. The summed E-state index contributed by atoms with van der Waals surface area (Å²) in [4.78, 5) is 25.0. The summed E-state index contributed by atoms with van der Waals surface area (Å²) in [5.41, 5.74) is 1.58. The zero-order valence-electron chi connectivity index (χ0n) is 14.4. The third-order valence-corrected chi connectivity index (χ3v) is 5.75. The SMILES string of the molecule is N#Cc1c(NC(=O)COC(=O)COc2cccc(Br)c2)sc2c1CCCC2. The van der Waals surface area contributed by atoms with Gasteiger partial charge >= 0.3 is 5.97 Å². The Bertz CT molecular complexity index is 904. The average Bonchev–Trinajstić information content (AvgIpc) is 3.01. The van der Waals surface area contributed by atoms with Crippen molar-refractivity contribution in [3.05, 3.63) is 44.7 Å². The van der Waals surface area contributed by atoms with E-state index < -0.39 is 18.5 Å². The maximum Gasteiger partial charge on any atom is 0.344 e. The third kappa shape index (κ3) is 5.08. The first kappa shape index (κ1) is 19.4. The Morgan fingerprint density at radius 2 is 2.07 bits per heavy atom. The number of thiophene rings is 1. The van der Waals surface area contributed by atoms with Crippen LogP contribution in [0.1, 0.15) is 28.8 Å². The van der Waals surface area contributed by atoms with E-state index >= 15 is 0 Å². The molecule has 0 aliphatic heterocycles. The molecule has 1 aromatic heterocycles. The number of ether oxygens (including phenoxy) is 2. The van der Waals surface area contributed by atoms with Crippen LogP contribution >= 0.6 is 27.3 Å². The molecule has 0 saturated heterocycles. The highest BCUT2D eigenvalue weighted by Crippen LogP contribution is 2.37. The van der Waals surface area contributed by atoms with E-state index in [1.165, 1.54) is 11.3 Å². The van der Waals surface area contributed by atoms with Crippen LogP contribution < -0.4 is 10.1 Å². The topological polar surface area (TPSA) is 88.4 Å². The highest BCUT2D eigenvalue weighted by Gasteiger charge is 2.22. The number of esters is 1. The lowest BCUT2D eigenvalue weighted by Crippen LogP contribution is -2.23. The molecule has 0 spiro atoms. The number of aryl methyl sites for hydroxylation is 1. The highest BCUT2D eigenvalue weighted by atomic mass is 79.9. The van der Waals surface area contributed by atoms with Crippen molar-refractivity contribution in [2.75, 3.05) is 18.5 Å². The number of rotatable bonds is 6. The van der Waals surface area contributed by atoms with Crippen molar-refractivity contribution in [1.29, 1.82) is 5.26 Å². The first-order chi connectivity index (χ1) is 13.1. The molecule has 1 amide bonds. The molecule has 0 saturated carbocycles. The number of fused-ring (bicyclic) bond motifs is 1. The zero-order chi connectivity index (χ0) is 19.2.